The number of benzene rings is 2. The lowest BCUT2D eigenvalue weighted by Gasteiger charge is -2.16. The highest BCUT2D eigenvalue weighted by atomic mass is 16.5. The van der Waals surface area contributed by atoms with Crippen molar-refractivity contribution in [2.45, 2.75) is 46.1 Å². The van der Waals surface area contributed by atoms with Crippen LogP contribution in [0.2, 0.25) is 0 Å². The minimum absolute atomic E-state index is 0.0460. The number of ketones is 1. The normalized spacial score (nSPS) is 10.6. The van der Waals surface area contributed by atoms with Gasteiger partial charge in [-0.3, -0.25) is 14.2 Å². The summed E-state index contributed by atoms with van der Waals surface area (Å²) in [6, 6.07) is 17.7. The molecule has 1 N–H and O–H groups in total. The molecule has 0 spiro atoms. The maximum atomic E-state index is 13.3. The largest absolute Gasteiger partial charge is 0.494 e. The van der Waals surface area contributed by atoms with Crippen LogP contribution in [-0.2, 0) is 6.54 Å². The Morgan fingerprint density at radius 1 is 1.06 bits per heavy atom. The molecule has 2 aromatic carbocycles. The van der Waals surface area contributed by atoms with Crippen molar-refractivity contribution in [3.63, 3.8) is 0 Å². The molecule has 0 atom stereocenters. The summed E-state index contributed by atoms with van der Waals surface area (Å²) in [4.78, 5) is 26.1. The van der Waals surface area contributed by atoms with Crippen LogP contribution in [0.1, 0.15) is 65.2 Å². The van der Waals surface area contributed by atoms with Gasteiger partial charge in [-0.05, 0) is 48.7 Å². The van der Waals surface area contributed by atoms with Crippen LogP contribution in [0.25, 0.3) is 0 Å². The van der Waals surface area contributed by atoms with Crippen molar-refractivity contribution in [2.75, 3.05) is 6.61 Å². The van der Waals surface area contributed by atoms with Gasteiger partial charge in [0, 0.05) is 5.56 Å². The lowest BCUT2D eigenvalue weighted by Crippen LogP contribution is -2.27. The van der Waals surface area contributed by atoms with Gasteiger partial charge in [0.25, 0.3) is 5.56 Å². The summed E-state index contributed by atoms with van der Waals surface area (Å²) in [5, 5.41) is 20.5. The van der Waals surface area contributed by atoms with Gasteiger partial charge in [-0.15, -0.1) is 0 Å². The first-order valence-corrected chi connectivity index (χ1v) is 11.2. The molecule has 0 amide bonds. The van der Waals surface area contributed by atoms with Crippen LogP contribution in [0.15, 0.2) is 59.4 Å². The number of hydrogen-bond acceptors (Lipinski definition) is 5. The molecule has 0 aliphatic heterocycles. The average molecular weight is 445 g/mol. The monoisotopic (exact) mass is 444 g/mol. The van der Waals surface area contributed by atoms with E-state index in [1.807, 2.05) is 24.3 Å². The number of hydrogen-bond donors (Lipinski definition) is 1. The number of rotatable bonds is 10. The highest BCUT2D eigenvalue weighted by Crippen LogP contribution is 2.26. The van der Waals surface area contributed by atoms with Crippen molar-refractivity contribution in [1.82, 2.24) is 4.57 Å². The van der Waals surface area contributed by atoms with Crippen molar-refractivity contribution >= 4 is 5.78 Å². The molecular formula is C27H28N2O4. The van der Waals surface area contributed by atoms with Gasteiger partial charge in [-0.25, -0.2) is 0 Å². The van der Waals surface area contributed by atoms with E-state index in [-0.39, 0.29) is 23.2 Å². The number of nitriles is 1. The lowest BCUT2D eigenvalue weighted by atomic mass is 9.97. The molecule has 33 heavy (non-hydrogen) atoms. The Bertz CT molecular complexity index is 1210. The van der Waals surface area contributed by atoms with Crippen molar-refractivity contribution < 1.29 is 14.6 Å². The molecule has 0 saturated heterocycles. The van der Waals surface area contributed by atoms with E-state index < -0.39 is 17.2 Å². The predicted octanol–water partition coefficient (Wildman–Crippen LogP) is 4.97. The number of aromatic nitrogens is 1. The fourth-order valence-electron chi connectivity index (χ4n) is 3.70. The number of carbonyl (C=O) groups is 1. The molecular weight excluding hydrogens is 416 g/mol. The molecule has 1 aromatic heterocycles. The second kappa shape index (κ2) is 11.1. The van der Waals surface area contributed by atoms with E-state index in [1.54, 1.807) is 36.4 Å². The highest BCUT2D eigenvalue weighted by molar-refractivity contribution is 6.11. The summed E-state index contributed by atoms with van der Waals surface area (Å²) in [5.41, 5.74) is 0.446. The topological polar surface area (TPSA) is 92.3 Å². The quantitative estimate of drug-likeness (QED) is 0.352. The van der Waals surface area contributed by atoms with Crippen molar-refractivity contribution in [3.8, 4) is 17.7 Å². The molecule has 0 fully saturated rings. The number of carbonyl (C=O) groups excluding carboxylic acids is 1. The Morgan fingerprint density at radius 2 is 1.76 bits per heavy atom. The molecule has 0 saturated carbocycles. The molecule has 0 bridgehead atoms. The number of ether oxygens (including phenoxy) is 1. The van der Waals surface area contributed by atoms with E-state index in [1.165, 1.54) is 13.3 Å². The molecule has 0 aliphatic rings. The summed E-state index contributed by atoms with van der Waals surface area (Å²) in [7, 11) is 0. The van der Waals surface area contributed by atoms with Crippen LogP contribution in [0.3, 0.4) is 0 Å². The zero-order valence-corrected chi connectivity index (χ0v) is 19.0. The third kappa shape index (κ3) is 5.50. The molecule has 0 aliphatic carbocycles. The number of pyridine rings is 1. The zero-order chi connectivity index (χ0) is 23.8. The number of aromatic hydroxyl groups is 1. The van der Waals surface area contributed by atoms with E-state index in [0.717, 1.165) is 29.4 Å². The Morgan fingerprint density at radius 3 is 2.39 bits per heavy atom. The first-order valence-electron chi connectivity index (χ1n) is 11.2. The lowest BCUT2D eigenvalue weighted by molar-refractivity contribution is 0.103. The van der Waals surface area contributed by atoms with Gasteiger partial charge in [0.05, 0.1) is 18.7 Å². The van der Waals surface area contributed by atoms with E-state index >= 15 is 0 Å². The Balaban J connectivity index is 1.90. The molecule has 3 aromatic rings. The van der Waals surface area contributed by atoms with Crippen LogP contribution in [0.5, 0.6) is 11.6 Å². The third-order valence-electron chi connectivity index (χ3n) is 5.59. The van der Waals surface area contributed by atoms with E-state index in [0.29, 0.717) is 17.9 Å². The molecule has 1 heterocycles. The maximum absolute atomic E-state index is 13.3. The van der Waals surface area contributed by atoms with Gasteiger partial charge in [-0.1, -0.05) is 56.5 Å². The van der Waals surface area contributed by atoms with Crippen LogP contribution >= 0.6 is 0 Å². The molecule has 3 rings (SSSR count). The minimum Gasteiger partial charge on any atom is -0.494 e. The van der Waals surface area contributed by atoms with Crippen molar-refractivity contribution in [1.29, 1.82) is 5.26 Å². The fraction of sp³-hybridized carbons (Fsp3) is 0.296. The molecule has 6 nitrogen and oxygen atoms in total. The first-order chi connectivity index (χ1) is 16.0. The summed E-state index contributed by atoms with van der Waals surface area (Å²) < 4.78 is 6.80. The van der Waals surface area contributed by atoms with Crippen LogP contribution in [0.4, 0.5) is 0 Å². The smallest absolute Gasteiger partial charge is 0.271 e. The fourth-order valence-corrected chi connectivity index (χ4v) is 3.70. The van der Waals surface area contributed by atoms with Gasteiger partial charge in [0.1, 0.15) is 17.4 Å². The average Bonchev–Trinajstić information content (AvgIpc) is 2.83. The summed E-state index contributed by atoms with van der Waals surface area (Å²) in [5.74, 6) is -0.241. The Kier molecular flexibility index (Phi) is 8.04. The van der Waals surface area contributed by atoms with Gasteiger partial charge < -0.3 is 9.84 Å². The SMILES string of the molecule is CCCCCCOc1ccc(C(=O)c2c(C)c(C#N)c(=O)n(Cc3ccccc3)c2O)cc1. The Labute approximate surface area is 193 Å². The molecule has 6 heteroatoms. The molecule has 170 valence electrons. The van der Waals surface area contributed by atoms with Crippen molar-refractivity contribution in [3.05, 3.63) is 92.8 Å². The summed E-state index contributed by atoms with van der Waals surface area (Å²) >= 11 is 0. The van der Waals surface area contributed by atoms with Crippen LogP contribution in [-0.4, -0.2) is 22.1 Å². The predicted molar refractivity (Wildman–Crippen MR) is 127 cm³/mol. The number of unbranched alkanes of at least 4 members (excludes halogenated alkanes) is 3. The van der Waals surface area contributed by atoms with Gasteiger partial charge in [0.15, 0.2) is 5.78 Å². The second-order valence-corrected chi connectivity index (χ2v) is 7.95. The molecule has 0 unspecified atom stereocenters. The van der Waals surface area contributed by atoms with E-state index in [9.17, 15) is 20.0 Å². The van der Waals surface area contributed by atoms with Gasteiger partial charge in [0.2, 0.25) is 5.88 Å². The maximum Gasteiger partial charge on any atom is 0.271 e. The van der Waals surface area contributed by atoms with Gasteiger partial charge >= 0.3 is 0 Å². The first kappa shape index (κ1) is 23.8. The van der Waals surface area contributed by atoms with Crippen molar-refractivity contribution in [2.24, 2.45) is 0 Å². The zero-order valence-electron chi connectivity index (χ0n) is 19.0. The summed E-state index contributed by atoms with van der Waals surface area (Å²) in [6.07, 6.45) is 4.43. The van der Waals surface area contributed by atoms with E-state index in [2.05, 4.69) is 6.92 Å². The standard InChI is InChI=1S/C27H28N2O4/c1-3-4-5-9-16-33-22-14-12-21(13-15-22)25(30)24-19(2)23(17-28)26(31)29(27(24)32)18-20-10-7-6-8-11-20/h6-8,10-15,32H,3-5,9,16,18H2,1-2H3. The van der Waals surface area contributed by atoms with Crippen LogP contribution < -0.4 is 10.3 Å². The second-order valence-electron chi connectivity index (χ2n) is 7.95. The third-order valence-corrected chi connectivity index (χ3v) is 5.59. The highest BCUT2D eigenvalue weighted by Gasteiger charge is 2.25. The molecule has 0 radical (unpaired) electrons. The van der Waals surface area contributed by atoms with Crippen LogP contribution in [0, 0.1) is 18.3 Å². The summed E-state index contributed by atoms with van der Waals surface area (Å²) in [6.45, 7) is 4.33. The number of nitrogens with zero attached hydrogens (tertiary/aromatic N) is 2. The Hall–Kier alpha value is -3.85. The van der Waals surface area contributed by atoms with Gasteiger partial charge in [-0.2, -0.15) is 5.26 Å². The van der Waals surface area contributed by atoms with E-state index in [4.69, 9.17) is 4.74 Å². The minimum atomic E-state index is -0.625.